The number of hydrogen-bond donors (Lipinski definition) is 6. The summed E-state index contributed by atoms with van der Waals surface area (Å²) in [4.78, 5) is 90.9. The van der Waals surface area contributed by atoms with Crippen molar-refractivity contribution >= 4 is 68.0 Å². The van der Waals surface area contributed by atoms with Gasteiger partial charge in [0.05, 0.1) is 49.9 Å². The van der Waals surface area contributed by atoms with Crippen molar-refractivity contribution in [1.82, 2.24) is 92.5 Å². The summed E-state index contributed by atoms with van der Waals surface area (Å²) in [5.74, 6) is 2.54. The first-order chi connectivity index (χ1) is 54.8. The van der Waals surface area contributed by atoms with E-state index in [0.29, 0.717) is 92.1 Å². The molecular weight excluding hydrogens is 1440 g/mol. The Kier molecular flexibility index (Phi) is 23.3. The normalized spacial score (nSPS) is 14.7. The molecule has 16 rings (SSSR count). The van der Waals surface area contributed by atoms with Crippen molar-refractivity contribution < 1.29 is 20.1 Å². The third-order valence-corrected chi connectivity index (χ3v) is 20.8. The lowest BCUT2D eigenvalue weighted by Crippen LogP contribution is -2.37. The quantitative estimate of drug-likeness (QED) is 0.0306. The molecule has 29 heteroatoms. The molecular formula is C85H100N22O7. The van der Waals surface area contributed by atoms with Gasteiger partial charge in [-0.25, -0.2) is 58.0 Å². The monoisotopic (exact) mass is 1540 g/mol. The van der Waals surface area contributed by atoms with E-state index < -0.39 is 16.8 Å². The molecule has 6 N–H and O–H groups in total. The molecule has 0 saturated carbocycles. The van der Waals surface area contributed by atoms with Crippen LogP contribution in [0.25, 0.3) is 50.6 Å². The molecule has 13 heterocycles. The number of likely N-dealkylation sites (tertiary alicyclic amines) is 1. The highest BCUT2D eigenvalue weighted by atomic mass is 16.5. The number of rotatable bonds is 24. The Morgan fingerprint density at radius 3 is 1.18 bits per heavy atom. The van der Waals surface area contributed by atoms with E-state index in [1.807, 2.05) is 24.3 Å². The maximum absolute atomic E-state index is 13.3. The van der Waals surface area contributed by atoms with Gasteiger partial charge in [0.25, 0.3) is 16.7 Å². The van der Waals surface area contributed by atoms with Crippen LogP contribution < -0.4 is 32.6 Å². The van der Waals surface area contributed by atoms with Gasteiger partial charge in [0.1, 0.15) is 33.0 Å². The topological polar surface area (TPSA) is 316 Å². The van der Waals surface area contributed by atoms with Crippen molar-refractivity contribution in [3.8, 4) is 17.5 Å². The third-order valence-electron chi connectivity index (χ3n) is 20.8. The second kappa shape index (κ2) is 33.6. The third kappa shape index (κ3) is 17.6. The van der Waals surface area contributed by atoms with Gasteiger partial charge in [-0.3, -0.25) is 24.2 Å². The second-order valence-electron chi connectivity index (χ2n) is 31.1. The van der Waals surface area contributed by atoms with Gasteiger partial charge in [-0.1, -0.05) is 54.6 Å². The van der Waals surface area contributed by atoms with Gasteiger partial charge in [0, 0.05) is 88.0 Å². The van der Waals surface area contributed by atoms with Gasteiger partial charge in [-0.15, -0.1) is 19.7 Å². The molecule has 114 heavy (non-hydrogen) atoms. The van der Waals surface area contributed by atoms with Gasteiger partial charge in [0.15, 0.2) is 34.4 Å². The molecule has 592 valence electrons. The van der Waals surface area contributed by atoms with Crippen molar-refractivity contribution in [3.63, 3.8) is 0 Å². The highest BCUT2D eigenvalue weighted by Crippen LogP contribution is 2.31. The summed E-state index contributed by atoms with van der Waals surface area (Å²) in [6.45, 7) is 34.3. The van der Waals surface area contributed by atoms with E-state index in [1.165, 1.54) is 74.0 Å². The van der Waals surface area contributed by atoms with Gasteiger partial charge in [0.2, 0.25) is 17.8 Å². The van der Waals surface area contributed by atoms with Crippen molar-refractivity contribution in [1.29, 1.82) is 0 Å². The summed E-state index contributed by atoms with van der Waals surface area (Å²) in [5, 5.41) is 42.6. The number of fused-ring (bicyclic) bond motifs is 6. The fourth-order valence-corrected chi connectivity index (χ4v) is 14.7. The minimum absolute atomic E-state index is 0.232. The van der Waals surface area contributed by atoms with Crippen LogP contribution in [-0.4, -0.2) is 181 Å². The zero-order valence-electron chi connectivity index (χ0n) is 66.1. The summed E-state index contributed by atoms with van der Waals surface area (Å²) < 4.78 is 15.1. The average Bonchev–Trinajstić information content (AvgIpc) is 1.61. The Hall–Kier alpha value is -11.5. The molecule has 1 saturated heterocycles. The molecule has 4 aliphatic heterocycles. The molecule has 0 bridgehead atoms. The van der Waals surface area contributed by atoms with E-state index in [1.54, 1.807) is 135 Å². The molecule has 1 fully saturated rings. The number of benzene rings is 3. The highest BCUT2D eigenvalue weighted by molar-refractivity contribution is 5.79. The van der Waals surface area contributed by atoms with Crippen molar-refractivity contribution in [2.45, 2.75) is 130 Å². The van der Waals surface area contributed by atoms with Crippen LogP contribution in [0.3, 0.4) is 0 Å². The van der Waals surface area contributed by atoms with Crippen LogP contribution in [0.5, 0.6) is 0 Å². The van der Waals surface area contributed by atoms with Crippen molar-refractivity contribution in [2.75, 3.05) is 89.0 Å². The molecule has 0 amide bonds. The van der Waals surface area contributed by atoms with Crippen LogP contribution >= 0.6 is 0 Å². The zero-order chi connectivity index (χ0) is 80.2. The maximum atomic E-state index is 13.3. The lowest BCUT2D eigenvalue weighted by atomic mass is 9.99. The number of aromatic nitrogens is 15. The SMILES string of the molecule is C=CCn1c(=O)c2cnc(Nc3ccc4c(c3)CN(CCN(C)C)CC4)nc2n1-c1cccc(C(C)(C)O)n1.C=CCn1c(=O)c2cnc(Nc3ccc4c(c3)CN(CCN3CCCC3)CC4)nc2n1-c1cccc(C(C)(C)O)n1.C=CCn1c(=O)c2cnc(Nc3ccc4c(c3)COCC4)nc2n1-c1cccc(C(C)(C)O)n1. The van der Waals surface area contributed by atoms with E-state index in [-0.39, 0.29) is 36.3 Å². The Bertz CT molecular complexity index is 5750. The van der Waals surface area contributed by atoms with Crippen molar-refractivity contribution in [3.05, 3.63) is 247 Å². The first-order valence-corrected chi connectivity index (χ1v) is 38.7. The van der Waals surface area contributed by atoms with Crippen LogP contribution in [-0.2, 0) is 80.1 Å². The number of aliphatic hydroxyl groups is 3. The molecule has 0 unspecified atom stereocenters. The zero-order valence-corrected chi connectivity index (χ0v) is 66.1. The minimum Gasteiger partial charge on any atom is -0.384 e. The molecule has 29 nitrogen and oxygen atoms in total. The number of ether oxygens (including phenoxy) is 1. The smallest absolute Gasteiger partial charge is 0.278 e. The number of hydrogen-bond acceptors (Lipinski definition) is 23. The van der Waals surface area contributed by atoms with E-state index in [0.717, 1.165) is 101 Å². The minimum atomic E-state index is -1.14. The Labute approximate surface area is 660 Å². The molecule has 9 aromatic heterocycles. The Morgan fingerprint density at radius 1 is 0.447 bits per heavy atom. The lowest BCUT2D eigenvalue weighted by Gasteiger charge is -2.30. The largest absolute Gasteiger partial charge is 0.384 e. The summed E-state index contributed by atoms with van der Waals surface area (Å²) in [7, 11) is 4.20. The van der Waals surface area contributed by atoms with Gasteiger partial charge in [-0.2, -0.15) is 15.0 Å². The van der Waals surface area contributed by atoms with E-state index in [2.05, 4.69) is 141 Å². The summed E-state index contributed by atoms with van der Waals surface area (Å²) >= 11 is 0. The fraction of sp³-hybridized carbons (Fsp3) is 0.365. The molecule has 4 aliphatic rings. The van der Waals surface area contributed by atoms with Crippen LogP contribution in [0.2, 0.25) is 0 Å². The summed E-state index contributed by atoms with van der Waals surface area (Å²) in [5.41, 5.74) is 9.02. The first kappa shape index (κ1) is 79.1. The number of anilines is 6. The molecule has 0 aliphatic carbocycles. The van der Waals surface area contributed by atoms with Crippen LogP contribution in [0.4, 0.5) is 34.9 Å². The fourth-order valence-electron chi connectivity index (χ4n) is 14.7. The molecule has 3 aromatic carbocycles. The highest BCUT2D eigenvalue weighted by Gasteiger charge is 2.28. The second-order valence-corrected chi connectivity index (χ2v) is 31.1. The lowest BCUT2D eigenvalue weighted by molar-refractivity contribution is 0.0733. The van der Waals surface area contributed by atoms with E-state index in [9.17, 15) is 29.7 Å². The summed E-state index contributed by atoms with van der Waals surface area (Å²) in [6.07, 6.45) is 15.2. The van der Waals surface area contributed by atoms with Crippen molar-refractivity contribution in [2.24, 2.45) is 0 Å². The molecule has 0 atom stereocenters. The average molecular weight is 1540 g/mol. The Balaban J connectivity index is 0.000000142. The van der Waals surface area contributed by atoms with Crippen LogP contribution in [0.1, 0.15) is 105 Å². The predicted octanol–water partition coefficient (Wildman–Crippen LogP) is 9.85. The molecule has 0 radical (unpaired) electrons. The Morgan fingerprint density at radius 2 is 0.807 bits per heavy atom. The molecule has 0 spiro atoms. The maximum Gasteiger partial charge on any atom is 0.278 e. The number of pyridine rings is 3. The van der Waals surface area contributed by atoms with Gasteiger partial charge < -0.3 is 45.8 Å². The van der Waals surface area contributed by atoms with Crippen LogP contribution in [0, 0.1) is 0 Å². The predicted molar refractivity (Wildman–Crippen MR) is 444 cm³/mol. The van der Waals surface area contributed by atoms with E-state index >= 15 is 0 Å². The van der Waals surface area contributed by atoms with Gasteiger partial charge in [-0.05, 0) is 207 Å². The van der Waals surface area contributed by atoms with Gasteiger partial charge >= 0.3 is 0 Å². The first-order valence-electron chi connectivity index (χ1n) is 38.7. The summed E-state index contributed by atoms with van der Waals surface area (Å²) in [6, 6.07) is 34.9. The number of nitrogens with one attached hydrogen (secondary N) is 3. The standard InChI is InChI=1S/C31H38N8O2.C29H36N8O2.C25H26N6O3/c1-4-13-38-29(40)25-20-32-30(35-28(25)39(38)27-9-7-8-26(34-27)31(2,3)41)33-24-11-10-22-12-16-37(21-23(22)19-24)18-17-36-14-5-6-15-36;1-6-13-36-27(38)23-18-30-28(33-26(23)37(36)25-9-7-8-24(32-25)29(2,3)39)31-22-11-10-20-12-14-35(16-15-34(4)5)19-21(20)17-22;1-4-11-30-23(32)19-14-26-24(27-18-9-8-16-10-12-34-15-17(16)13-18)29-22(19)31(30)21-7-5-6-20(28-21)25(2,3)33/h4,7-11,19-20,41H,1,5-6,12-18,21H2,2-3H3,(H,32,33,35);6-11,17-18,39H,1,12-16,19H2,2-5H3,(H,30,31,33);4-9,13-14,33H,1,10-12,15H2,2-3H3,(H,26,27,29). The number of nitrogens with zero attached hydrogens (tertiary/aromatic N) is 19. The van der Waals surface area contributed by atoms with E-state index in [4.69, 9.17) is 14.7 Å². The molecule has 12 aromatic rings. The number of allylic oxidation sites excluding steroid dienone is 3. The van der Waals surface area contributed by atoms with Crippen LogP contribution in [0.15, 0.2) is 180 Å². The number of likely N-dealkylation sites (N-methyl/N-ethyl adjacent to an activating group) is 1.